The van der Waals surface area contributed by atoms with E-state index in [9.17, 15) is 5.21 Å². The van der Waals surface area contributed by atoms with Crippen LogP contribution >= 0.6 is 0 Å². The smallest absolute Gasteiger partial charge is 0.194 e. The number of fused-ring (bicyclic) bond motifs is 1. The summed E-state index contributed by atoms with van der Waals surface area (Å²) in [4.78, 5) is 0. The maximum absolute atomic E-state index is 9.29. The van der Waals surface area contributed by atoms with Gasteiger partial charge in [-0.1, -0.05) is 47.6 Å². The molecule has 3 heteroatoms. The van der Waals surface area contributed by atoms with Crippen molar-refractivity contribution < 1.29 is 9.77 Å². The molecular formula is C17H15N2O+. The van der Waals surface area contributed by atoms with Crippen molar-refractivity contribution in [1.82, 2.24) is 0 Å². The molecule has 98 valence electrons. The highest BCUT2D eigenvalue weighted by Crippen LogP contribution is 2.16. The molecule has 0 saturated carbocycles. The average Bonchev–Trinajstić information content (AvgIpc) is 2.53. The van der Waals surface area contributed by atoms with Crippen molar-refractivity contribution in [2.45, 2.75) is 6.54 Å². The zero-order chi connectivity index (χ0) is 13.8. The maximum Gasteiger partial charge on any atom is 0.194 e. The zero-order valence-corrected chi connectivity index (χ0v) is 11.0. The Bertz CT molecular complexity index is 751. The van der Waals surface area contributed by atoms with Crippen LogP contribution in [0.4, 0.5) is 0 Å². The number of hydrogen-bond acceptors (Lipinski definition) is 2. The molecule has 2 aromatic carbocycles. The molecule has 0 amide bonds. The van der Waals surface area contributed by atoms with Crippen LogP contribution in [0.15, 0.2) is 78.2 Å². The second-order valence-corrected chi connectivity index (χ2v) is 4.66. The molecule has 3 aromatic rings. The molecule has 1 aromatic heterocycles. The van der Waals surface area contributed by atoms with Gasteiger partial charge in [0.1, 0.15) is 0 Å². The van der Waals surface area contributed by atoms with Crippen LogP contribution in [0.1, 0.15) is 5.56 Å². The van der Waals surface area contributed by atoms with Gasteiger partial charge in [-0.2, -0.15) is 4.57 Å². The Morgan fingerprint density at radius 2 is 1.65 bits per heavy atom. The fraction of sp³-hybridized carbons (Fsp3) is 0.0588. The Morgan fingerprint density at radius 3 is 2.40 bits per heavy atom. The normalized spacial score (nSPS) is 11.7. The van der Waals surface area contributed by atoms with Gasteiger partial charge in [-0.15, -0.1) is 0 Å². The quantitative estimate of drug-likeness (QED) is 0.335. The van der Waals surface area contributed by atoms with Crippen molar-refractivity contribution in [2.75, 3.05) is 0 Å². The van der Waals surface area contributed by atoms with Crippen LogP contribution in [0.2, 0.25) is 0 Å². The van der Waals surface area contributed by atoms with E-state index in [2.05, 4.69) is 17.3 Å². The van der Waals surface area contributed by atoms with Crippen LogP contribution in [-0.4, -0.2) is 10.9 Å². The Morgan fingerprint density at radius 1 is 0.900 bits per heavy atom. The predicted octanol–water partition coefficient (Wildman–Crippen LogP) is 3.01. The number of pyridine rings is 1. The highest BCUT2D eigenvalue weighted by molar-refractivity contribution is 6.02. The molecule has 0 radical (unpaired) electrons. The van der Waals surface area contributed by atoms with Crippen LogP contribution in [0.5, 0.6) is 0 Å². The molecule has 3 nitrogen and oxygen atoms in total. The molecule has 20 heavy (non-hydrogen) atoms. The number of rotatable bonds is 3. The highest BCUT2D eigenvalue weighted by atomic mass is 16.4. The Balaban J connectivity index is 1.95. The van der Waals surface area contributed by atoms with E-state index in [1.165, 1.54) is 5.39 Å². The molecule has 0 bridgehead atoms. The van der Waals surface area contributed by atoms with Gasteiger partial charge in [-0.25, -0.2) is 0 Å². The summed E-state index contributed by atoms with van der Waals surface area (Å²) in [6, 6.07) is 20.1. The van der Waals surface area contributed by atoms with Crippen molar-refractivity contribution >= 4 is 16.5 Å². The molecule has 0 fully saturated rings. The van der Waals surface area contributed by atoms with Crippen LogP contribution in [-0.2, 0) is 6.54 Å². The molecule has 0 aliphatic heterocycles. The summed E-state index contributed by atoms with van der Waals surface area (Å²) >= 11 is 0. The third-order valence-electron chi connectivity index (χ3n) is 3.31. The topological polar surface area (TPSA) is 36.5 Å². The molecule has 0 atom stereocenters. The van der Waals surface area contributed by atoms with Crippen LogP contribution < -0.4 is 4.57 Å². The van der Waals surface area contributed by atoms with Crippen molar-refractivity contribution in [3.8, 4) is 0 Å². The van der Waals surface area contributed by atoms with Gasteiger partial charge >= 0.3 is 0 Å². The first kappa shape index (κ1) is 12.4. The van der Waals surface area contributed by atoms with Crippen LogP contribution in [0.25, 0.3) is 10.8 Å². The van der Waals surface area contributed by atoms with Gasteiger partial charge in [0.2, 0.25) is 0 Å². The molecule has 0 aliphatic rings. The fourth-order valence-electron chi connectivity index (χ4n) is 2.26. The number of oxime groups is 1. The lowest BCUT2D eigenvalue weighted by Gasteiger charge is -2.04. The van der Waals surface area contributed by atoms with Crippen molar-refractivity contribution in [1.29, 1.82) is 0 Å². The molecular weight excluding hydrogens is 248 g/mol. The number of hydrogen-bond donors (Lipinski definition) is 1. The molecule has 0 aliphatic carbocycles. The lowest BCUT2D eigenvalue weighted by atomic mass is 10.0. The van der Waals surface area contributed by atoms with Crippen molar-refractivity contribution in [3.05, 3.63) is 78.6 Å². The molecule has 0 spiro atoms. The van der Waals surface area contributed by atoms with E-state index < -0.39 is 0 Å². The van der Waals surface area contributed by atoms with Gasteiger partial charge in [-0.05, 0) is 16.8 Å². The Labute approximate surface area is 117 Å². The SMILES string of the molecule is O/N=C(/C[n+]1ccccc1)c1ccc2ccccc2c1. The Hall–Kier alpha value is -2.68. The van der Waals surface area contributed by atoms with Crippen LogP contribution in [0, 0.1) is 0 Å². The first-order valence-corrected chi connectivity index (χ1v) is 6.51. The fourth-order valence-corrected chi connectivity index (χ4v) is 2.26. The van der Waals surface area contributed by atoms with E-state index in [0.717, 1.165) is 10.9 Å². The summed E-state index contributed by atoms with van der Waals surface area (Å²) in [5.41, 5.74) is 1.58. The second-order valence-electron chi connectivity index (χ2n) is 4.66. The molecule has 0 unspecified atom stereocenters. The van der Waals surface area contributed by atoms with E-state index in [4.69, 9.17) is 0 Å². The summed E-state index contributed by atoms with van der Waals surface area (Å²) in [5, 5.41) is 15.1. The minimum absolute atomic E-state index is 0.537. The largest absolute Gasteiger partial charge is 0.410 e. The second kappa shape index (κ2) is 5.53. The lowest BCUT2D eigenvalue weighted by Crippen LogP contribution is -2.37. The molecule has 0 saturated heterocycles. The number of benzene rings is 2. The first-order chi connectivity index (χ1) is 9.86. The highest BCUT2D eigenvalue weighted by Gasteiger charge is 2.10. The number of aromatic nitrogens is 1. The van der Waals surface area contributed by atoms with Gasteiger partial charge < -0.3 is 5.21 Å². The van der Waals surface area contributed by atoms with Gasteiger partial charge in [0, 0.05) is 17.7 Å². The molecule has 1 heterocycles. The standard InChI is InChI=1S/C17H14N2O/c20-18-17(13-19-10-4-1-5-11-19)16-9-8-14-6-2-3-7-15(14)12-16/h1-12H,13H2/p+1/b18-17-. The summed E-state index contributed by atoms with van der Waals surface area (Å²) in [5.74, 6) is 0. The molecule has 1 N–H and O–H groups in total. The van der Waals surface area contributed by atoms with Gasteiger partial charge in [-0.3, -0.25) is 0 Å². The van der Waals surface area contributed by atoms with Crippen LogP contribution in [0.3, 0.4) is 0 Å². The summed E-state index contributed by atoms with van der Waals surface area (Å²) < 4.78 is 1.98. The van der Waals surface area contributed by atoms with E-state index in [0.29, 0.717) is 12.3 Å². The number of nitrogens with zero attached hydrogens (tertiary/aromatic N) is 2. The zero-order valence-electron chi connectivity index (χ0n) is 11.0. The van der Waals surface area contributed by atoms with Crippen molar-refractivity contribution in [3.63, 3.8) is 0 Å². The Kier molecular flexibility index (Phi) is 3.42. The average molecular weight is 263 g/mol. The van der Waals surface area contributed by atoms with Crippen molar-refractivity contribution in [2.24, 2.45) is 5.16 Å². The minimum Gasteiger partial charge on any atom is -0.410 e. The van der Waals surface area contributed by atoms with E-state index >= 15 is 0 Å². The predicted molar refractivity (Wildman–Crippen MR) is 78.9 cm³/mol. The third-order valence-corrected chi connectivity index (χ3v) is 3.31. The molecule has 3 rings (SSSR count). The van der Waals surface area contributed by atoms with Gasteiger partial charge in [0.05, 0.1) is 0 Å². The summed E-state index contributed by atoms with van der Waals surface area (Å²) in [7, 11) is 0. The summed E-state index contributed by atoms with van der Waals surface area (Å²) in [6.07, 6.45) is 3.90. The maximum atomic E-state index is 9.29. The lowest BCUT2D eigenvalue weighted by molar-refractivity contribution is -0.681. The minimum atomic E-state index is 0.537. The monoisotopic (exact) mass is 263 g/mol. The van der Waals surface area contributed by atoms with E-state index in [1.54, 1.807) is 0 Å². The van der Waals surface area contributed by atoms with E-state index in [1.807, 2.05) is 65.5 Å². The third kappa shape index (κ3) is 2.52. The van der Waals surface area contributed by atoms with Gasteiger partial charge in [0.15, 0.2) is 24.7 Å². The van der Waals surface area contributed by atoms with E-state index in [-0.39, 0.29) is 0 Å². The van der Waals surface area contributed by atoms with Gasteiger partial charge in [0.25, 0.3) is 0 Å². The first-order valence-electron chi connectivity index (χ1n) is 6.51. The summed E-state index contributed by atoms with van der Waals surface area (Å²) in [6.45, 7) is 0.537.